The summed E-state index contributed by atoms with van der Waals surface area (Å²) in [6, 6.07) is 0. The van der Waals surface area contributed by atoms with Crippen molar-refractivity contribution in [2.75, 3.05) is 0 Å². The molecule has 1 aromatic rings. The number of esters is 1. The second kappa shape index (κ2) is 5.72. The van der Waals surface area contributed by atoms with E-state index >= 15 is 0 Å². The summed E-state index contributed by atoms with van der Waals surface area (Å²) in [5.74, 6) is 2.57. The second-order valence-electron chi connectivity index (χ2n) is 6.00. The number of rotatable bonds is 3. The molecule has 1 aliphatic carbocycles. The van der Waals surface area contributed by atoms with Crippen molar-refractivity contribution in [3.8, 4) is 0 Å². The first kappa shape index (κ1) is 14.0. The molecule has 106 valence electrons. The normalized spacial score (nSPS) is 31.2. The molecule has 1 aliphatic rings. The number of aromatic nitrogens is 3. The van der Waals surface area contributed by atoms with Crippen LogP contribution in [0.5, 0.6) is 0 Å². The number of aromatic amines is 1. The molecule has 2 unspecified atom stereocenters. The maximum atomic E-state index is 11.9. The van der Waals surface area contributed by atoms with Crippen LogP contribution in [-0.4, -0.2) is 27.3 Å². The number of hydrogen-bond donors (Lipinski definition) is 1. The van der Waals surface area contributed by atoms with Crippen molar-refractivity contribution in [1.82, 2.24) is 15.2 Å². The number of carbonyl (C=O) groups is 1. The molecule has 5 heteroatoms. The lowest BCUT2D eigenvalue weighted by Gasteiger charge is -2.37. The summed E-state index contributed by atoms with van der Waals surface area (Å²) >= 11 is 0. The van der Waals surface area contributed by atoms with Crippen molar-refractivity contribution in [2.24, 2.45) is 17.8 Å². The summed E-state index contributed by atoms with van der Waals surface area (Å²) in [6.07, 6.45) is 2.43. The van der Waals surface area contributed by atoms with Gasteiger partial charge in [-0.3, -0.25) is 9.89 Å². The molecule has 0 saturated heterocycles. The summed E-state index contributed by atoms with van der Waals surface area (Å²) in [7, 11) is 0. The highest BCUT2D eigenvalue weighted by Gasteiger charge is 2.34. The zero-order chi connectivity index (χ0) is 14.0. The average Bonchev–Trinajstić information content (AvgIpc) is 2.69. The molecular formula is C14H23N3O2. The van der Waals surface area contributed by atoms with Crippen molar-refractivity contribution in [3.05, 3.63) is 11.6 Å². The Hall–Kier alpha value is -1.39. The number of nitrogens with one attached hydrogen (secondary N) is 1. The van der Waals surface area contributed by atoms with Gasteiger partial charge in [-0.15, -0.1) is 0 Å². The Labute approximate surface area is 114 Å². The summed E-state index contributed by atoms with van der Waals surface area (Å²) < 4.78 is 5.64. The lowest BCUT2D eigenvalue weighted by molar-refractivity contribution is -0.157. The highest BCUT2D eigenvalue weighted by atomic mass is 16.5. The largest absolute Gasteiger partial charge is 0.461 e. The van der Waals surface area contributed by atoms with Crippen molar-refractivity contribution in [2.45, 2.75) is 53.1 Å². The third-order valence-corrected chi connectivity index (χ3v) is 3.88. The predicted molar refractivity (Wildman–Crippen MR) is 71.4 cm³/mol. The predicted octanol–water partition coefficient (Wildman–Crippen LogP) is 2.27. The van der Waals surface area contributed by atoms with Crippen LogP contribution in [0.15, 0.2) is 0 Å². The lowest BCUT2D eigenvalue weighted by Crippen LogP contribution is -2.37. The van der Waals surface area contributed by atoms with E-state index < -0.39 is 0 Å². The summed E-state index contributed by atoms with van der Waals surface area (Å²) in [4.78, 5) is 16.1. The Morgan fingerprint density at radius 1 is 1.32 bits per heavy atom. The van der Waals surface area contributed by atoms with Gasteiger partial charge in [0, 0.05) is 0 Å². The number of hydrogen-bond acceptors (Lipinski definition) is 4. The van der Waals surface area contributed by atoms with Crippen LogP contribution in [-0.2, 0) is 16.0 Å². The smallest absolute Gasteiger partial charge is 0.313 e. The van der Waals surface area contributed by atoms with Crippen molar-refractivity contribution >= 4 is 5.97 Å². The average molecular weight is 265 g/mol. The minimum absolute atomic E-state index is 0.0312. The molecular weight excluding hydrogens is 242 g/mol. The second-order valence-corrected chi connectivity index (χ2v) is 6.00. The highest BCUT2D eigenvalue weighted by molar-refractivity contribution is 5.71. The van der Waals surface area contributed by atoms with Crippen LogP contribution in [0.25, 0.3) is 0 Å². The molecule has 0 radical (unpaired) electrons. The minimum atomic E-state index is -0.225. The number of nitrogens with zero attached hydrogens (tertiary/aromatic N) is 2. The molecule has 2 atom stereocenters. The molecule has 0 bridgehead atoms. The van der Waals surface area contributed by atoms with E-state index in [-0.39, 0.29) is 18.5 Å². The molecule has 0 aromatic carbocycles. The minimum Gasteiger partial charge on any atom is -0.461 e. The zero-order valence-electron chi connectivity index (χ0n) is 12.1. The van der Waals surface area contributed by atoms with E-state index in [1.54, 1.807) is 0 Å². The topological polar surface area (TPSA) is 67.9 Å². The van der Waals surface area contributed by atoms with Crippen LogP contribution in [0.3, 0.4) is 0 Å². The van der Waals surface area contributed by atoms with Gasteiger partial charge in [-0.25, -0.2) is 4.98 Å². The molecule has 0 aliphatic heterocycles. The van der Waals surface area contributed by atoms with E-state index in [0.717, 1.165) is 24.6 Å². The molecule has 1 fully saturated rings. The van der Waals surface area contributed by atoms with Crippen LogP contribution >= 0.6 is 0 Å². The number of carbonyl (C=O) groups excluding carboxylic acids is 1. The van der Waals surface area contributed by atoms with Gasteiger partial charge >= 0.3 is 5.97 Å². The van der Waals surface area contributed by atoms with Gasteiger partial charge < -0.3 is 4.74 Å². The Balaban J connectivity index is 1.91. The third-order valence-electron chi connectivity index (χ3n) is 3.88. The van der Waals surface area contributed by atoms with Crippen LogP contribution < -0.4 is 0 Å². The lowest BCUT2D eigenvalue weighted by atomic mass is 9.75. The van der Waals surface area contributed by atoms with Gasteiger partial charge in [0.2, 0.25) is 0 Å². The van der Waals surface area contributed by atoms with Crippen LogP contribution in [0.4, 0.5) is 0 Å². The van der Waals surface area contributed by atoms with Gasteiger partial charge in [0.15, 0.2) is 5.82 Å². The molecule has 1 aromatic heterocycles. The van der Waals surface area contributed by atoms with E-state index in [2.05, 4.69) is 36.0 Å². The first-order valence-electron chi connectivity index (χ1n) is 7.03. The number of H-pyrrole nitrogens is 1. The fraction of sp³-hybridized carbons (Fsp3) is 0.786. The van der Waals surface area contributed by atoms with E-state index in [9.17, 15) is 4.79 Å². The molecule has 1 heterocycles. The Morgan fingerprint density at radius 2 is 1.95 bits per heavy atom. The van der Waals surface area contributed by atoms with E-state index in [1.165, 1.54) is 0 Å². The van der Waals surface area contributed by atoms with Crippen LogP contribution in [0, 0.1) is 24.7 Å². The van der Waals surface area contributed by atoms with E-state index in [0.29, 0.717) is 17.7 Å². The first-order chi connectivity index (χ1) is 8.95. The Bertz CT molecular complexity index is 432. The van der Waals surface area contributed by atoms with E-state index in [4.69, 9.17) is 4.74 Å². The molecule has 0 spiro atoms. The molecule has 19 heavy (non-hydrogen) atoms. The summed E-state index contributed by atoms with van der Waals surface area (Å²) in [5, 5.41) is 6.69. The number of aryl methyl sites for hydroxylation is 1. The fourth-order valence-corrected chi connectivity index (χ4v) is 3.22. The summed E-state index contributed by atoms with van der Waals surface area (Å²) in [5.41, 5.74) is 0. The van der Waals surface area contributed by atoms with Crippen LogP contribution in [0.2, 0.25) is 0 Å². The fourth-order valence-electron chi connectivity index (χ4n) is 3.22. The van der Waals surface area contributed by atoms with Gasteiger partial charge in [-0.05, 0) is 37.5 Å². The molecule has 5 nitrogen and oxygen atoms in total. The molecule has 2 rings (SSSR count). The molecule has 1 saturated carbocycles. The van der Waals surface area contributed by atoms with Gasteiger partial charge in [0.1, 0.15) is 18.3 Å². The van der Waals surface area contributed by atoms with Crippen molar-refractivity contribution in [3.63, 3.8) is 0 Å². The standard InChI is InChI=1S/C14H23N3O2/c1-8-5-9(2)14(10(3)6-8)19-13(18)7-12-15-11(4)16-17-12/h8-10,14H,5-7H2,1-4H3,(H,15,16,17). The molecule has 0 amide bonds. The van der Waals surface area contributed by atoms with Crippen molar-refractivity contribution in [1.29, 1.82) is 0 Å². The Kier molecular flexibility index (Phi) is 4.22. The quantitative estimate of drug-likeness (QED) is 0.851. The van der Waals surface area contributed by atoms with Gasteiger partial charge in [0.25, 0.3) is 0 Å². The van der Waals surface area contributed by atoms with Gasteiger partial charge in [-0.1, -0.05) is 20.8 Å². The maximum Gasteiger partial charge on any atom is 0.313 e. The van der Waals surface area contributed by atoms with Gasteiger partial charge in [-0.2, -0.15) is 5.10 Å². The highest BCUT2D eigenvalue weighted by Crippen LogP contribution is 2.35. The summed E-state index contributed by atoms with van der Waals surface area (Å²) in [6.45, 7) is 8.41. The third kappa shape index (κ3) is 3.55. The Morgan fingerprint density at radius 3 is 2.47 bits per heavy atom. The SMILES string of the molecule is Cc1nc(CC(=O)OC2C(C)CC(C)CC2C)n[nH]1. The van der Waals surface area contributed by atoms with Crippen LogP contribution in [0.1, 0.15) is 45.3 Å². The maximum absolute atomic E-state index is 11.9. The molecule has 1 N–H and O–H groups in total. The van der Waals surface area contributed by atoms with Crippen molar-refractivity contribution < 1.29 is 9.53 Å². The van der Waals surface area contributed by atoms with E-state index in [1.807, 2.05) is 6.92 Å². The number of ether oxygens (including phenoxy) is 1. The van der Waals surface area contributed by atoms with Gasteiger partial charge in [0.05, 0.1) is 0 Å². The first-order valence-corrected chi connectivity index (χ1v) is 7.03. The monoisotopic (exact) mass is 265 g/mol. The zero-order valence-corrected chi connectivity index (χ0v) is 12.1.